The van der Waals surface area contributed by atoms with Crippen molar-refractivity contribution in [2.45, 2.75) is 39.2 Å². The molecule has 0 atom stereocenters. The van der Waals surface area contributed by atoms with Crippen LogP contribution in [0.5, 0.6) is 0 Å². The van der Waals surface area contributed by atoms with Gasteiger partial charge in [0.05, 0.1) is 0 Å². The largest absolute Gasteiger partial charge is 0.425 e. The van der Waals surface area contributed by atoms with Gasteiger partial charge in [-0.15, -0.1) is 10.2 Å². The molecule has 0 aliphatic rings. The first-order chi connectivity index (χ1) is 14.6. The Bertz CT molecular complexity index is 1130. The molecule has 6 nitrogen and oxygen atoms in total. The average Bonchev–Trinajstić information content (AvgIpc) is 3.39. The Hall–Kier alpha value is -3.41. The maximum atomic E-state index is 12.4. The molecule has 4 aromatic rings. The molecule has 0 bridgehead atoms. The van der Waals surface area contributed by atoms with Crippen LogP contribution in [0.25, 0.3) is 10.9 Å². The molecule has 1 N–H and O–H groups in total. The molecule has 1 amide bonds. The van der Waals surface area contributed by atoms with Gasteiger partial charge in [0, 0.05) is 50.0 Å². The number of aryl methyl sites for hydroxylation is 4. The Morgan fingerprint density at radius 2 is 1.73 bits per heavy atom. The SMILES string of the molecule is Cc1ccc(CN(C)C(=O)CCc2nnc(CCc3c[nH]c4ccccc34)o2)cc1. The quantitative estimate of drug-likeness (QED) is 0.478. The summed E-state index contributed by atoms with van der Waals surface area (Å²) in [7, 11) is 1.82. The van der Waals surface area contributed by atoms with Gasteiger partial charge >= 0.3 is 0 Å². The average molecular weight is 402 g/mol. The molecule has 0 spiro atoms. The number of fused-ring (bicyclic) bond motifs is 1. The van der Waals surface area contributed by atoms with Gasteiger partial charge in [-0.3, -0.25) is 4.79 Å². The first-order valence-corrected chi connectivity index (χ1v) is 10.2. The molecule has 0 radical (unpaired) electrons. The maximum absolute atomic E-state index is 12.4. The fourth-order valence-corrected chi connectivity index (χ4v) is 3.53. The lowest BCUT2D eigenvalue weighted by atomic mass is 10.1. The van der Waals surface area contributed by atoms with Crippen molar-refractivity contribution in [1.82, 2.24) is 20.1 Å². The van der Waals surface area contributed by atoms with E-state index in [1.54, 1.807) is 4.90 Å². The molecule has 2 aromatic heterocycles. The summed E-state index contributed by atoms with van der Waals surface area (Å²) in [5.41, 5.74) is 4.70. The highest BCUT2D eigenvalue weighted by molar-refractivity contribution is 5.83. The zero-order valence-electron chi connectivity index (χ0n) is 17.4. The van der Waals surface area contributed by atoms with E-state index in [2.05, 4.69) is 58.5 Å². The normalized spacial score (nSPS) is 11.1. The van der Waals surface area contributed by atoms with E-state index in [9.17, 15) is 4.79 Å². The number of hydrogen-bond donors (Lipinski definition) is 1. The molecule has 2 aromatic carbocycles. The van der Waals surface area contributed by atoms with Gasteiger partial charge in [-0.2, -0.15) is 0 Å². The first kappa shape index (κ1) is 19.9. The number of carbonyl (C=O) groups is 1. The fraction of sp³-hybridized carbons (Fsp3) is 0.292. The molecule has 0 saturated carbocycles. The minimum atomic E-state index is 0.0640. The molecule has 30 heavy (non-hydrogen) atoms. The number of nitrogens with zero attached hydrogens (tertiary/aromatic N) is 3. The van der Waals surface area contributed by atoms with Crippen molar-refractivity contribution in [2.75, 3.05) is 7.05 Å². The molecular weight excluding hydrogens is 376 g/mol. The number of hydrogen-bond acceptors (Lipinski definition) is 4. The Balaban J connectivity index is 1.26. The highest BCUT2D eigenvalue weighted by atomic mass is 16.4. The molecule has 0 unspecified atom stereocenters. The number of amides is 1. The van der Waals surface area contributed by atoms with E-state index in [0.717, 1.165) is 17.5 Å². The summed E-state index contributed by atoms with van der Waals surface area (Å²) in [6.45, 7) is 2.65. The molecule has 0 aliphatic carbocycles. The van der Waals surface area contributed by atoms with Crippen LogP contribution < -0.4 is 0 Å². The second-order valence-electron chi connectivity index (χ2n) is 7.68. The summed E-state index contributed by atoms with van der Waals surface area (Å²) in [4.78, 5) is 17.5. The van der Waals surface area contributed by atoms with Gasteiger partial charge < -0.3 is 14.3 Å². The standard InChI is InChI=1S/C24H26N4O2/c1-17-7-9-18(10-8-17)16-28(2)24(29)14-13-23-27-26-22(30-23)12-11-19-15-25-21-6-4-3-5-20(19)21/h3-10,15,25H,11-14,16H2,1-2H3. The number of nitrogens with one attached hydrogen (secondary N) is 1. The van der Waals surface area contributed by atoms with E-state index in [4.69, 9.17) is 4.42 Å². The monoisotopic (exact) mass is 402 g/mol. The molecule has 6 heteroatoms. The van der Waals surface area contributed by atoms with Crippen molar-refractivity contribution in [2.24, 2.45) is 0 Å². The highest BCUT2D eigenvalue weighted by Crippen LogP contribution is 2.19. The number of rotatable bonds is 8. The third-order valence-electron chi connectivity index (χ3n) is 5.31. The first-order valence-electron chi connectivity index (χ1n) is 10.2. The summed E-state index contributed by atoms with van der Waals surface area (Å²) in [5.74, 6) is 1.19. The van der Waals surface area contributed by atoms with Crippen LogP contribution in [0.2, 0.25) is 0 Å². The molecule has 0 fully saturated rings. The third kappa shape index (κ3) is 4.76. The minimum Gasteiger partial charge on any atom is -0.425 e. The summed E-state index contributed by atoms with van der Waals surface area (Å²) in [5, 5.41) is 9.47. The van der Waals surface area contributed by atoms with Crippen LogP contribution in [0.1, 0.15) is 34.9 Å². The maximum Gasteiger partial charge on any atom is 0.223 e. The lowest BCUT2D eigenvalue weighted by Crippen LogP contribution is -2.26. The van der Waals surface area contributed by atoms with Gasteiger partial charge in [-0.05, 0) is 30.5 Å². The van der Waals surface area contributed by atoms with E-state index in [-0.39, 0.29) is 5.91 Å². The lowest BCUT2D eigenvalue weighted by Gasteiger charge is -2.17. The zero-order chi connectivity index (χ0) is 20.9. The molecular formula is C24H26N4O2. The van der Waals surface area contributed by atoms with Gasteiger partial charge in [0.2, 0.25) is 17.7 Å². The Morgan fingerprint density at radius 1 is 1.00 bits per heavy atom. The van der Waals surface area contributed by atoms with Crippen LogP contribution in [0.4, 0.5) is 0 Å². The smallest absolute Gasteiger partial charge is 0.223 e. The van der Waals surface area contributed by atoms with Crippen LogP contribution in [-0.2, 0) is 30.6 Å². The van der Waals surface area contributed by atoms with Gasteiger partial charge in [0.25, 0.3) is 0 Å². The van der Waals surface area contributed by atoms with Crippen LogP contribution in [-0.4, -0.2) is 33.0 Å². The molecule has 0 aliphatic heterocycles. The number of H-pyrrole nitrogens is 1. The number of carbonyl (C=O) groups excluding carboxylic acids is 1. The molecule has 0 saturated heterocycles. The number of aromatic amines is 1. The molecule has 4 rings (SSSR count). The van der Waals surface area contributed by atoms with Crippen molar-refractivity contribution in [3.63, 3.8) is 0 Å². The number of para-hydroxylation sites is 1. The Kier molecular flexibility index (Phi) is 5.93. The van der Waals surface area contributed by atoms with Crippen LogP contribution in [0.15, 0.2) is 59.1 Å². The van der Waals surface area contributed by atoms with E-state index in [1.165, 1.54) is 16.5 Å². The predicted molar refractivity (Wildman–Crippen MR) is 116 cm³/mol. The van der Waals surface area contributed by atoms with E-state index >= 15 is 0 Å². The van der Waals surface area contributed by atoms with Crippen molar-refractivity contribution in [3.8, 4) is 0 Å². The molecule has 154 valence electrons. The van der Waals surface area contributed by atoms with Crippen molar-refractivity contribution < 1.29 is 9.21 Å². The number of benzene rings is 2. The van der Waals surface area contributed by atoms with Crippen molar-refractivity contribution in [1.29, 1.82) is 0 Å². The van der Waals surface area contributed by atoms with Crippen LogP contribution in [0, 0.1) is 6.92 Å². The van der Waals surface area contributed by atoms with Crippen LogP contribution in [0.3, 0.4) is 0 Å². The predicted octanol–water partition coefficient (Wildman–Crippen LogP) is 4.24. The van der Waals surface area contributed by atoms with Crippen LogP contribution >= 0.6 is 0 Å². The zero-order valence-corrected chi connectivity index (χ0v) is 17.4. The summed E-state index contributed by atoms with van der Waals surface area (Å²) in [6.07, 6.45) is 4.34. The topological polar surface area (TPSA) is 75.0 Å². The van der Waals surface area contributed by atoms with E-state index < -0.39 is 0 Å². The number of aromatic nitrogens is 3. The van der Waals surface area contributed by atoms with Crippen molar-refractivity contribution in [3.05, 3.63) is 83.2 Å². The highest BCUT2D eigenvalue weighted by Gasteiger charge is 2.13. The van der Waals surface area contributed by atoms with E-state index in [1.807, 2.05) is 25.4 Å². The second-order valence-corrected chi connectivity index (χ2v) is 7.68. The van der Waals surface area contributed by atoms with Crippen molar-refractivity contribution >= 4 is 16.8 Å². The Labute approximate surface area is 175 Å². The molecule has 2 heterocycles. The second kappa shape index (κ2) is 8.95. The van der Waals surface area contributed by atoms with Gasteiger partial charge in [0.15, 0.2) is 0 Å². The fourth-order valence-electron chi connectivity index (χ4n) is 3.53. The van der Waals surface area contributed by atoms with E-state index in [0.29, 0.717) is 37.6 Å². The lowest BCUT2D eigenvalue weighted by molar-refractivity contribution is -0.130. The third-order valence-corrected chi connectivity index (χ3v) is 5.31. The minimum absolute atomic E-state index is 0.0640. The Morgan fingerprint density at radius 3 is 2.53 bits per heavy atom. The van der Waals surface area contributed by atoms with Gasteiger partial charge in [0.1, 0.15) is 0 Å². The van der Waals surface area contributed by atoms with Gasteiger partial charge in [-0.25, -0.2) is 0 Å². The summed E-state index contributed by atoms with van der Waals surface area (Å²) < 4.78 is 5.75. The van der Waals surface area contributed by atoms with Gasteiger partial charge in [-0.1, -0.05) is 48.0 Å². The summed E-state index contributed by atoms with van der Waals surface area (Å²) in [6, 6.07) is 16.5. The summed E-state index contributed by atoms with van der Waals surface area (Å²) >= 11 is 0.